The van der Waals surface area contributed by atoms with Crippen LogP contribution >= 0.6 is 0 Å². The zero-order valence-corrected chi connectivity index (χ0v) is 5.62. The predicted molar refractivity (Wildman–Crippen MR) is 29.3 cm³/mol. The second-order valence-corrected chi connectivity index (χ2v) is 1.96. The van der Waals surface area contributed by atoms with Crippen LogP contribution in [0.1, 0.15) is 13.8 Å². The van der Waals surface area contributed by atoms with E-state index in [1.165, 1.54) is 0 Å². The van der Waals surface area contributed by atoms with Gasteiger partial charge in [0.25, 0.3) is 0 Å². The predicted octanol–water partition coefficient (Wildman–Crippen LogP) is 1.07. The molecule has 0 aliphatic rings. The molecule has 10 heavy (non-hydrogen) atoms. The Hall–Kier alpha value is -0.740. The van der Waals surface area contributed by atoms with Gasteiger partial charge in [0.1, 0.15) is 6.04 Å². The SMILES string of the molecule is CC(=O)NC(C)C(F)(F)F. The molecule has 0 aliphatic carbocycles. The van der Waals surface area contributed by atoms with Gasteiger partial charge in [-0.25, -0.2) is 0 Å². The standard InChI is InChI=1S/C5H8F3NO/c1-3(5(6,7)8)9-4(2)10/h3H,1-2H3,(H,9,10). The van der Waals surface area contributed by atoms with E-state index in [-0.39, 0.29) is 0 Å². The van der Waals surface area contributed by atoms with E-state index in [0.717, 1.165) is 13.8 Å². The van der Waals surface area contributed by atoms with Gasteiger partial charge in [0.15, 0.2) is 0 Å². The lowest BCUT2D eigenvalue weighted by Gasteiger charge is -2.15. The molecule has 0 aromatic carbocycles. The number of halogens is 3. The molecular weight excluding hydrogens is 147 g/mol. The maximum Gasteiger partial charge on any atom is 0.408 e. The number of alkyl halides is 3. The van der Waals surface area contributed by atoms with Crippen molar-refractivity contribution in [2.24, 2.45) is 0 Å². The van der Waals surface area contributed by atoms with Crippen molar-refractivity contribution in [3.8, 4) is 0 Å². The molecule has 1 amide bonds. The molecule has 0 fully saturated rings. The molecule has 1 N–H and O–H groups in total. The van der Waals surface area contributed by atoms with Gasteiger partial charge in [-0.1, -0.05) is 0 Å². The van der Waals surface area contributed by atoms with Crippen LogP contribution in [0, 0.1) is 0 Å². The Kier molecular flexibility index (Phi) is 2.68. The molecule has 0 aromatic heterocycles. The van der Waals surface area contributed by atoms with Crippen molar-refractivity contribution < 1.29 is 18.0 Å². The highest BCUT2D eigenvalue weighted by atomic mass is 19.4. The van der Waals surface area contributed by atoms with Gasteiger partial charge in [0, 0.05) is 6.92 Å². The number of carbonyl (C=O) groups excluding carboxylic acids is 1. The summed E-state index contributed by atoms with van der Waals surface area (Å²) in [6.45, 7) is 1.93. The molecule has 0 saturated heterocycles. The molecule has 60 valence electrons. The van der Waals surface area contributed by atoms with E-state index in [4.69, 9.17) is 0 Å². The highest BCUT2D eigenvalue weighted by Crippen LogP contribution is 2.19. The molecule has 0 heterocycles. The minimum absolute atomic E-state index is 0.676. The van der Waals surface area contributed by atoms with E-state index in [0.29, 0.717) is 0 Å². The Morgan fingerprint density at radius 3 is 2.00 bits per heavy atom. The summed E-state index contributed by atoms with van der Waals surface area (Å²) in [6, 6.07) is -1.76. The van der Waals surface area contributed by atoms with Crippen LogP contribution in [-0.2, 0) is 4.79 Å². The third-order valence-corrected chi connectivity index (χ3v) is 0.911. The number of rotatable bonds is 1. The largest absolute Gasteiger partial charge is 0.408 e. The van der Waals surface area contributed by atoms with Crippen LogP contribution in [-0.4, -0.2) is 18.1 Å². The summed E-state index contributed by atoms with van der Waals surface area (Å²) >= 11 is 0. The van der Waals surface area contributed by atoms with Crippen molar-refractivity contribution in [2.75, 3.05) is 0 Å². The van der Waals surface area contributed by atoms with E-state index in [2.05, 4.69) is 0 Å². The van der Waals surface area contributed by atoms with Gasteiger partial charge >= 0.3 is 6.18 Å². The third kappa shape index (κ3) is 3.32. The van der Waals surface area contributed by atoms with Crippen LogP contribution in [0.4, 0.5) is 13.2 Å². The molecule has 1 atom stereocenters. The maximum atomic E-state index is 11.6. The average Bonchev–Trinajstić information content (AvgIpc) is 1.60. The summed E-state index contributed by atoms with van der Waals surface area (Å²) in [4.78, 5) is 10.1. The summed E-state index contributed by atoms with van der Waals surface area (Å²) < 4.78 is 34.8. The molecule has 0 radical (unpaired) electrons. The van der Waals surface area contributed by atoms with Crippen LogP contribution < -0.4 is 5.32 Å². The Bertz CT molecular complexity index is 131. The lowest BCUT2D eigenvalue weighted by atomic mass is 10.3. The Morgan fingerprint density at radius 1 is 1.50 bits per heavy atom. The van der Waals surface area contributed by atoms with Gasteiger partial charge in [0.05, 0.1) is 0 Å². The van der Waals surface area contributed by atoms with Crippen molar-refractivity contribution in [1.82, 2.24) is 5.32 Å². The molecule has 0 aromatic rings. The van der Waals surface area contributed by atoms with Gasteiger partial charge in [-0.2, -0.15) is 13.2 Å². The van der Waals surface area contributed by atoms with Crippen LogP contribution in [0.5, 0.6) is 0 Å². The Morgan fingerprint density at radius 2 is 1.90 bits per heavy atom. The summed E-state index contributed by atoms with van der Waals surface area (Å²) in [6.07, 6.45) is -4.34. The quantitative estimate of drug-likeness (QED) is 0.603. The van der Waals surface area contributed by atoms with Gasteiger partial charge in [-0.05, 0) is 6.92 Å². The fourth-order valence-corrected chi connectivity index (χ4v) is 0.387. The molecule has 0 bridgehead atoms. The number of hydrogen-bond acceptors (Lipinski definition) is 1. The summed E-state index contributed by atoms with van der Waals surface area (Å²) in [5.74, 6) is -0.676. The third-order valence-electron chi connectivity index (χ3n) is 0.911. The molecule has 2 nitrogen and oxygen atoms in total. The first kappa shape index (κ1) is 9.26. The van der Waals surface area contributed by atoms with Crippen LogP contribution in [0.15, 0.2) is 0 Å². The lowest BCUT2D eigenvalue weighted by molar-refractivity contribution is -0.157. The fraction of sp³-hybridized carbons (Fsp3) is 0.800. The molecule has 0 spiro atoms. The van der Waals surface area contributed by atoms with Crippen molar-refractivity contribution in [2.45, 2.75) is 26.1 Å². The zero-order valence-electron chi connectivity index (χ0n) is 5.62. The van der Waals surface area contributed by atoms with Gasteiger partial charge in [-0.3, -0.25) is 4.79 Å². The normalized spacial score (nSPS) is 14.5. The average molecular weight is 155 g/mol. The van der Waals surface area contributed by atoms with Crippen LogP contribution in [0.25, 0.3) is 0 Å². The van der Waals surface area contributed by atoms with E-state index < -0.39 is 18.1 Å². The summed E-state index contributed by atoms with van der Waals surface area (Å²) in [5, 5.41) is 1.72. The second kappa shape index (κ2) is 2.90. The van der Waals surface area contributed by atoms with Gasteiger partial charge in [-0.15, -0.1) is 0 Å². The van der Waals surface area contributed by atoms with E-state index in [1.54, 1.807) is 5.32 Å². The number of carbonyl (C=O) groups is 1. The lowest BCUT2D eigenvalue weighted by Crippen LogP contribution is -2.41. The van der Waals surface area contributed by atoms with E-state index in [1.807, 2.05) is 0 Å². The topological polar surface area (TPSA) is 29.1 Å². The summed E-state index contributed by atoms with van der Waals surface area (Å²) in [7, 11) is 0. The minimum atomic E-state index is -4.34. The molecule has 0 aliphatic heterocycles. The zero-order chi connectivity index (χ0) is 8.36. The number of amides is 1. The van der Waals surface area contributed by atoms with E-state index >= 15 is 0 Å². The van der Waals surface area contributed by atoms with Gasteiger partial charge in [0.2, 0.25) is 5.91 Å². The first-order chi connectivity index (χ1) is 4.34. The van der Waals surface area contributed by atoms with Gasteiger partial charge < -0.3 is 5.32 Å². The molecule has 5 heteroatoms. The molecule has 0 saturated carbocycles. The monoisotopic (exact) mass is 155 g/mol. The molecule has 1 unspecified atom stereocenters. The number of nitrogens with one attached hydrogen (secondary N) is 1. The number of hydrogen-bond donors (Lipinski definition) is 1. The maximum absolute atomic E-state index is 11.6. The highest BCUT2D eigenvalue weighted by Gasteiger charge is 2.36. The minimum Gasteiger partial charge on any atom is -0.345 e. The van der Waals surface area contributed by atoms with Crippen molar-refractivity contribution in [3.63, 3.8) is 0 Å². The highest BCUT2D eigenvalue weighted by molar-refractivity contribution is 5.73. The first-order valence-electron chi connectivity index (χ1n) is 2.68. The molecule has 0 rings (SSSR count). The fourth-order valence-electron chi connectivity index (χ4n) is 0.387. The first-order valence-corrected chi connectivity index (χ1v) is 2.68. The van der Waals surface area contributed by atoms with Crippen LogP contribution in [0.2, 0.25) is 0 Å². The van der Waals surface area contributed by atoms with Crippen molar-refractivity contribution in [1.29, 1.82) is 0 Å². The summed E-state index contributed by atoms with van der Waals surface area (Å²) in [5.41, 5.74) is 0. The smallest absolute Gasteiger partial charge is 0.345 e. The van der Waals surface area contributed by atoms with Crippen molar-refractivity contribution >= 4 is 5.91 Å². The van der Waals surface area contributed by atoms with Crippen molar-refractivity contribution in [3.05, 3.63) is 0 Å². The second-order valence-electron chi connectivity index (χ2n) is 1.96. The Labute approximate surface area is 56.4 Å². The van der Waals surface area contributed by atoms with E-state index in [9.17, 15) is 18.0 Å². The molecular formula is C5H8F3NO. The Balaban J connectivity index is 3.85. The van der Waals surface area contributed by atoms with Crippen LogP contribution in [0.3, 0.4) is 0 Å².